The molecule has 0 saturated heterocycles. The molecule has 0 aromatic carbocycles. The summed E-state index contributed by atoms with van der Waals surface area (Å²) in [6.07, 6.45) is 3.88. The van der Waals surface area contributed by atoms with Crippen molar-refractivity contribution >= 4 is 5.97 Å². The van der Waals surface area contributed by atoms with Gasteiger partial charge in [0.2, 0.25) is 0 Å². The lowest BCUT2D eigenvalue weighted by atomic mass is 10.0. The second kappa shape index (κ2) is 3.53. The van der Waals surface area contributed by atoms with Crippen LogP contribution in [-0.2, 0) is 9.53 Å². The Morgan fingerprint density at radius 2 is 2.55 bits per heavy atom. The van der Waals surface area contributed by atoms with Gasteiger partial charge < -0.3 is 9.84 Å². The number of aliphatic hydroxyl groups is 1. The molecule has 0 bridgehead atoms. The number of carbonyl (C=O) groups excluding carboxylic acids is 1. The monoisotopic (exact) mass is 156 g/mol. The molecule has 62 valence electrons. The third kappa shape index (κ3) is 1.80. The van der Waals surface area contributed by atoms with Crippen LogP contribution in [0.25, 0.3) is 0 Å². The summed E-state index contributed by atoms with van der Waals surface area (Å²) in [6.45, 7) is 1.97. The molecule has 1 aliphatic heterocycles. The van der Waals surface area contributed by atoms with Gasteiger partial charge in [-0.25, -0.2) is 0 Å². The molecule has 11 heavy (non-hydrogen) atoms. The minimum atomic E-state index is -0.578. The van der Waals surface area contributed by atoms with Crippen molar-refractivity contribution in [3.63, 3.8) is 0 Å². The van der Waals surface area contributed by atoms with Crippen LogP contribution < -0.4 is 0 Å². The number of hydrogen-bond acceptors (Lipinski definition) is 3. The Labute approximate surface area is 65.7 Å². The van der Waals surface area contributed by atoms with Crippen molar-refractivity contribution in [3.8, 4) is 0 Å². The highest BCUT2D eigenvalue weighted by Gasteiger charge is 2.28. The molecule has 1 rings (SSSR count). The SMILES string of the molecule is CCCC(O)C1C=COC1=O. The van der Waals surface area contributed by atoms with Crippen LogP contribution in [0.15, 0.2) is 12.3 Å². The van der Waals surface area contributed by atoms with E-state index in [1.165, 1.54) is 6.26 Å². The number of carbonyl (C=O) groups is 1. The highest BCUT2D eigenvalue weighted by atomic mass is 16.5. The van der Waals surface area contributed by atoms with E-state index in [-0.39, 0.29) is 5.97 Å². The van der Waals surface area contributed by atoms with E-state index in [1.807, 2.05) is 6.92 Å². The van der Waals surface area contributed by atoms with Crippen molar-refractivity contribution in [3.05, 3.63) is 12.3 Å². The standard InChI is InChI=1S/C8H12O3/c1-2-3-7(9)6-4-5-11-8(6)10/h4-7,9H,2-3H2,1H3. The van der Waals surface area contributed by atoms with Gasteiger partial charge in [-0.2, -0.15) is 0 Å². The third-order valence-corrected chi connectivity index (χ3v) is 1.74. The number of hydrogen-bond donors (Lipinski definition) is 1. The molecule has 3 heteroatoms. The van der Waals surface area contributed by atoms with Crippen molar-refractivity contribution in [1.29, 1.82) is 0 Å². The summed E-state index contributed by atoms with van der Waals surface area (Å²) in [7, 11) is 0. The maximum atomic E-state index is 10.8. The summed E-state index contributed by atoms with van der Waals surface area (Å²) >= 11 is 0. The van der Waals surface area contributed by atoms with Gasteiger partial charge in [-0.3, -0.25) is 4.79 Å². The fraction of sp³-hybridized carbons (Fsp3) is 0.625. The van der Waals surface area contributed by atoms with E-state index in [0.717, 1.165) is 6.42 Å². The number of rotatable bonds is 3. The highest BCUT2D eigenvalue weighted by molar-refractivity contribution is 5.77. The summed E-state index contributed by atoms with van der Waals surface area (Å²) in [5.74, 6) is -0.777. The number of esters is 1. The van der Waals surface area contributed by atoms with E-state index in [4.69, 9.17) is 0 Å². The molecule has 0 saturated carbocycles. The molecule has 1 N–H and O–H groups in total. The maximum absolute atomic E-state index is 10.8. The van der Waals surface area contributed by atoms with Crippen LogP contribution in [0.2, 0.25) is 0 Å². The fourth-order valence-corrected chi connectivity index (χ4v) is 1.11. The second-order valence-corrected chi connectivity index (χ2v) is 2.65. The topological polar surface area (TPSA) is 46.5 Å². The largest absolute Gasteiger partial charge is 0.434 e. The van der Waals surface area contributed by atoms with E-state index < -0.39 is 12.0 Å². The summed E-state index contributed by atoms with van der Waals surface area (Å²) in [4.78, 5) is 10.8. The van der Waals surface area contributed by atoms with Crippen LogP contribution in [0.3, 0.4) is 0 Å². The van der Waals surface area contributed by atoms with Crippen LogP contribution in [0, 0.1) is 5.92 Å². The van der Waals surface area contributed by atoms with Crippen molar-refractivity contribution < 1.29 is 14.6 Å². The molecule has 2 unspecified atom stereocenters. The van der Waals surface area contributed by atoms with Gasteiger partial charge in [0.25, 0.3) is 0 Å². The van der Waals surface area contributed by atoms with Gasteiger partial charge in [0.05, 0.1) is 12.4 Å². The predicted molar refractivity (Wildman–Crippen MR) is 39.6 cm³/mol. The van der Waals surface area contributed by atoms with Crippen molar-refractivity contribution in [2.75, 3.05) is 0 Å². The molecule has 2 atom stereocenters. The molecule has 0 amide bonds. The molecule has 0 aliphatic carbocycles. The number of cyclic esters (lactones) is 1. The first kappa shape index (κ1) is 8.27. The maximum Gasteiger partial charge on any atom is 0.320 e. The predicted octanol–water partition coefficient (Wildman–Crippen LogP) is 0.834. The lowest BCUT2D eigenvalue weighted by molar-refractivity contribution is -0.141. The zero-order valence-electron chi connectivity index (χ0n) is 6.49. The molecular weight excluding hydrogens is 144 g/mol. The van der Waals surface area contributed by atoms with Crippen molar-refractivity contribution in [1.82, 2.24) is 0 Å². The molecule has 3 nitrogen and oxygen atoms in total. The molecule has 0 aromatic rings. The fourth-order valence-electron chi connectivity index (χ4n) is 1.11. The lowest BCUT2D eigenvalue weighted by Gasteiger charge is -2.11. The Hall–Kier alpha value is -0.830. The Bertz CT molecular complexity index is 174. The van der Waals surface area contributed by atoms with Gasteiger partial charge >= 0.3 is 5.97 Å². The third-order valence-electron chi connectivity index (χ3n) is 1.74. The molecule has 0 radical (unpaired) electrons. The second-order valence-electron chi connectivity index (χ2n) is 2.65. The number of ether oxygens (including phenoxy) is 1. The summed E-state index contributed by atoms with van der Waals surface area (Å²) in [6, 6.07) is 0. The van der Waals surface area contributed by atoms with Gasteiger partial charge in [-0.05, 0) is 12.5 Å². The normalized spacial score (nSPS) is 25.3. The summed E-state index contributed by atoms with van der Waals surface area (Å²) in [5, 5.41) is 9.37. The molecule has 0 spiro atoms. The lowest BCUT2D eigenvalue weighted by Crippen LogP contribution is -2.23. The first-order valence-electron chi connectivity index (χ1n) is 3.81. The summed E-state index contributed by atoms with van der Waals surface area (Å²) < 4.78 is 4.55. The highest BCUT2D eigenvalue weighted by Crippen LogP contribution is 2.17. The van der Waals surface area contributed by atoms with Crippen LogP contribution in [-0.4, -0.2) is 17.2 Å². The molecule has 0 aromatic heterocycles. The minimum Gasteiger partial charge on any atom is -0.434 e. The Balaban J connectivity index is 2.45. The zero-order chi connectivity index (χ0) is 8.27. The minimum absolute atomic E-state index is 0.342. The van der Waals surface area contributed by atoms with E-state index >= 15 is 0 Å². The van der Waals surface area contributed by atoms with Crippen molar-refractivity contribution in [2.24, 2.45) is 5.92 Å². The average Bonchev–Trinajstić information content (AvgIpc) is 2.36. The van der Waals surface area contributed by atoms with Crippen LogP contribution >= 0.6 is 0 Å². The molecule has 1 aliphatic rings. The van der Waals surface area contributed by atoms with Gasteiger partial charge in [0.1, 0.15) is 5.92 Å². The van der Waals surface area contributed by atoms with E-state index in [2.05, 4.69) is 4.74 Å². The Morgan fingerprint density at radius 1 is 1.82 bits per heavy atom. The molecular formula is C8H12O3. The smallest absolute Gasteiger partial charge is 0.320 e. The molecule has 1 heterocycles. The Kier molecular flexibility index (Phi) is 2.65. The summed E-state index contributed by atoms with van der Waals surface area (Å²) in [5.41, 5.74) is 0. The van der Waals surface area contributed by atoms with E-state index in [1.54, 1.807) is 6.08 Å². The van der Waals surface area contributed by atoms with Gasteiger partial charge in [-0.1, -0.05) is 13.3 Å². The van der Waals surface area contributed by atoms with Crippen LogP contribution in [0.5, 0.6) is 0 Å². The van der Waals surface area contributed by atoms with Gasteiger partial charge in [-0.15, -0.1) is 0 Å². The Morgan fingerprint density at radius 3 is 3.00 bits per heavy atom. The van der Waals surface area contributed by atoms with Crippen LogP contribution in [0.1, 0.15) is 19.8 Å². The average molecular weight is 156 g/mol. The first-order valence-corrected chi connectivity index (χ1v) is 3.81. The van der Waals surface area contributed by atoms with E-state index in [9.17, 15) is 9.90 Å². The van der Waals surface area contributed by atoms with E-state index in [0.29, 0.717) is 6.42 Å². The zero-order valence-corrected chi connectivity index (χ0v) is 6.49. The van der Waals surface area contributed by atoms with Crippen molar-refractivity contribution in [2.45, 2.75) is 25.9 Å². The first-order chi connectivity index (χ1) is 5.25. The van der Waals surface area contributed by atoms with Crippen LogP contribution in [0.4, 0.5) is 0 Å². The molecule has 0 fully saturated rings. The quantitative estimate of drug-likeness (QED) is 0.616. The van der Waals surface area contributed by atoms with Gasteiger partial charge in [0, 0.05) is 0 Å². The number of aliphatic hydroxyl groups excluding tert-OH is 1. The van der Waals surface area contributed by atoms with Gasteiger partial charge in [0.15, 0.2) is 0 Å².